The normalized spacial score (nSPS) is 16.9. The Balaban J connectivity index is 1.66. The lowest BCUT2D eigenvalue weighted by Gasteiger charge is -2.27. The molecule has 214 valence electrons. The van der Waals surface area contributed by atoms with E-state index in [2.05, 4.69) is 0 Å². The van der Waals surface area contributed by atoms with Crippen molar-refractivity contribution in [1.82, 2.24) is 19.6 Å². The van der Waals surface area contributed by atoms with Crippen molar-refractivity contribution in [3.8, 4) is 0 Å². The molecule has 10 nitrogen and oxygen atoms in total. The van der Waals surface area contributed by atoms with Crippen molar-refractivity contribution in [2.24, 2.45) is 10.8 Å². The van der Waals surface area contributed by atoms with Crippen LogP contribution in [0.2, 0.25) is 0 Å². The second-order valence-corrected chi connectivity index (χ2v) is 12.1. The first kappa shape index (κ1) is 31.4. The molecule has 0 radical (unpaired) electrons. The Morgan fingerprint density at radius 3 is 1.24 bits per heavy atom. The topological polar surface area (TPSA) is 115 Å². The van der Waals surface area contributed by atoms with Crippen LogP contribution in [0.4, 0.5) is 9.59 Å². The van der Waals surface area contributed by atoms with Crippen LogP contribution < -0.4 is 0 Å². The molecule has 0 spiro atoms. The lowest BCUT2D eigenvalue weighted by Crippen LogP contribution is -2.35. The van der Waals surface area contributed by atoms with E-state index in [9.17, 15) is 28.8 Å². The number of ketones is 2. The van der Waals surface area contributed by atoms with Crippen molar-refractivity contribution in [2.45, 2.75) is 92.9 Å². The fourth-order valence-corrected chi connectivity index (χ4v) is 4.69. The molecule has 6 amide bonds. The molecule has 0 aromatic carbocycles. The molecule has 2 aliphatic rings. The second-order valence-electron chi connectivity index (χ2n) is 12.1. The van der Waals surface area contributed by atoms with E-state index in [-0.39, 0.29) is 72.2 Å². The zero-order valence-electron chi connectivity index (χ0n) is 24.1. The van der Waals surface area contributed by atoms with E-state index >= 15 is 0 Å². The molecular formula is C28H46N4O6. The first-order chi connectivity index (χ1) is 17.7. The molecule has 0 aliphatic carbocycles. The van der Waals surface area contributed by atoms with E-state index in [1.54, 1.807) is 0 Å². The third kappa shape index (κ3) is 8.91. The Labute approximate surface area is 227 Å². The molecule has 0 atom stereocenters. The van der Waals surface area contributed by atoms with Gasteiger partial charge in [0.25, 0.3) is 0 Å². The van der Waals surface area contributed by atoms with Crippen molar-refractivity contribution in [3.63, 3.8) is 0 Å². The fourth-order valence-electron chi connectivity index (χ4n) is 4.69. The number of rotatable bonds is 17. The maximum Gasteiger partial charge on any atom is 0.327 e. The summed E-state index contributed by atoms with van der Waals surface area (Å²) < 4.78 is 0. The van der Waals surface area contributed by atoms with Crippen molar-refractivity contribution in [3.05, 3.63) is 0 Å². The largest absolute Gasteiger partial charge is 0.327 e. The van der Waals surface area contributed by atoms with Gasteiger partial charge in [0.15, 0.2) is 0 Å². The highest BCUT2D eigenvalue weighted by Gasteiger charge is 2.37. The van der Waals surface area contributed by atoms with Gasteiger partial charge >= 0.3 is 12.1 Å². The molecule has 0 aromatic rings. The number of amides is 6. The van der Waals surface area contributed by atoms with Gasteiger partial charge in [-0.15, -0.1) is 0 Å². The van der Waals surface area contributed by atoms with Gasteiger partial charge in [-0.05, 0) is 50.4 Å². The van der Waals surface area contributed by atoms with Crippen LogP contribution in [0.1, 0.15) is 92.9 Å². The molecule has 10 heteroatoms. The van der Waals surface area contributed by atoms with Crippen LogP contribution >= 0.6 is 0 Å². The Morgan fingerprint density at radius 2 is 0.947 bits per heavy atom. The van der Waals surface area contributed by atoms with Gasteiger partial charge in [0.05, 0.1) is 0 Å². The zero-order valence-corrected chi connectivity index (χ0v) is 24.1. The number of urea groups is 2. The van der Waals surface area contributed by atoms with Crippen LogP contribution in [0.5, 0.6) is 0 Å². The smallest absolute Gasteiger partial charge is 0.315 e. The third-order valence-corrected chi connectivity index (χ3v) is 7.89. The highest BCUT2D eigenvalue weighted by molar-refractivity contribution is 6.02. The number of imide groups is 2. The highest BCUT2D eigenvalue weighted by atomic mass is 16.2. The zero-order chi connectivity index (χ0) is 28.7. The van der Waals surface area contributed by atoms with Gasteiger partial charge in [0.2, 0.25) is 11.8 Å². The minimum atomic E-state index is -0.243. The number of carbonyl (C=O) groups is 6. The number of carbonyl (C=O) groups excluding carboxylic acids is 6. The molecule has 0 unspecified atom stereocenters. The SMILES string of the molecule is CCN1CC(=O)N(CCC(C)(C)CCC(=O)CCC(=O)CCC(C)(C)CCN2C(=O)CN(CC)C2=O)C1=O. The Hall–Kier alpha value is -2.78. The lowest BCUT2D eigenvalue weighted by atomic mass is 9.82. The fraction of sp³-hybridized carbons (Fsp3) is 0.786. The highest BCUT2D eigenvalue weighted by Crippen LogP contribution is 2.30. The Bertz CT molecular complexity index is 854. The van der Waals surface area contributed by atoms with Crippen LogP contribution in [0.3, 0.4) is 0 Å². The van der Waals surface area contributed by atoms with E-state index in [4.69, 9.17) is 0 Å². The number of hydrogen-bond acceptors (Lipinski definition) is 6. The Morgan fingerprint density at radius 1 is 0.605 bits per heavy atom. The van der Waals surface area contributed by atoms with Crippen LogP contribution in [0, 0.1) is 10.8 Å². The van der Waals surface area contributed by atoms with E-state index < -0.39 is 0 Å². The molecule has 0 saturated carbocycles. The summed E-state index contributed by atoms with van der Waals surface area (Å²) in [7, 11) is 0. The van der Waals surface area contributed by atoms with Gasteiger partial charge in [-0.2, -0.15) is 0 Å². The third-order valence-electron chi connectivity index (χ3n) is 7.89. The summed E-state index contributed by atoms with van der Waals surface area (Å²) in [4.78, 5) is 79.2. The maximum atomic E-state index is 12.5. The summed E-state index contributed by atoms with van der Waals surface area (Å²) >= 11 is 0. The molecule has 0 N–H and O–H groups in total. The van der Waals surface area contributed by atoms with Crippen LogP contribution in [-0.4, -0.2) is 94.3 Å². The van der Waals surface area contributed by atoms with E-state index in [1.807, 2.05) is 41.5 Å². The van der Waals surface area contributed by atoms with Crippen molar-refractivity contribution >= 4 is 35.4 Å². The minimum Gasteiger partial charge on any atom is -0.315 e. The van der Waals surface area contributed by atoms with E-state index in [0.717, 1.165) is 0 Å². The van der Waals surface area contributed by atoms with E-state index in [0.29, 0.717) is 64.7 Å². The summed E-state index contributed by atoms with van der Waals surface area (Å²) in [5.41, 5.74) is -0.424. The molecule has 2 rings (SSSR count). The number of likely N-dealkylation sites (N-methyl/N-ethyl adjacent to an activating group) is 2. The summed E-state index contributed by atoms with van der Waals surface area (Å²) in [6.07, 6.45) is 3.65. The van der Waals surface area contributed by atoms with Crippen molar-refractivity contribution < 1.29 is 28.8 Å². The maximum absolute atomic E-state index is 12.5. The number of Topliss-reactive ketones (excluding diaryl/α,β-unsaturated/α-hetero) is 2. The molecule has 2 saturated heterocycles. The summed E-state index contributed by atoms with van der Waals surface area (Å²) in [5.74, 6) is -0.261. The van der Waals surface area contributed by atoms with Gasteiger partial charge in [0, 0.05) is 51.9 Å². The van der Waals surface area contributed by atoms with Crippen molar-refractivity contribution in [1.29, 1.82) is 0 Å². The quantitative estimate of drug-likeness (QED) is 0.262. The monoisotopic (exact) mass is 534 g/mol. The van der Waals surface area contributed by atoms with Gasteiger partial charge in [-0.1, -0.05) is 27.7 Å². The van der Waals surface area contributed by atoms with Crippen LogP contribution in [0.25, 0.3) is 0 Å². The first-order valence-corrected chi connectivity index (χ1v) is 13.9. The summed E-state index contributed by atoms with van der Waals surface area (Å²) in [6.45, 7) is 13.8. The standard InChI is InChI=1S/C28H46N4O6/c1-7-29-19-23(35)31(25(29)37)17-15-27(3,4)13-11-21(33)9-10-22(34)12-14-28(5,6)16-18-32-24(36)20-30(8-2)26(32)38/h7-20H2,1-6H3. The average molecular weight is 535 g/mol. The van der Waals surface area contributed by atoms with E-state index in [1.165, 1.54) is 19.6 Å². The predicted molar refractivity (Wildman–Crippen MR) is 143 cm³/mol. The summed E-state index contributed by atoms with van der Waals surface area (Å²) in [6, 6.07) is -0.487. The summed E-state index contributed by atoms with van der Waals surface area (Å²) in [5, 5.41) is 0. The van der Waals surface area contributed by atoms with Gasteiger partial charge < -0.3 is 9.80 Å². The lowest BCUT2D eigenvalue weighted by molar-refractivity contribution is -0.126. The first-order valence-electron chi connectivity index (χ1n) is 13.9. The molecule has 0 bridgehead atoms. The molecule has 2 aliphatic heterocycles. The molecule has 38 heavy (non-hydrogen) atoms. The minimum absolute atomic E-state index is 0.0442. The van der Waals surface area contributed by atoms with Gasteiger partial charge in [-0.25, -0.2) is 9.59 Å². The average Bonchev–Trinajstić information content (AvgIpc) is 3.30. The predicted octanol–water partition coefficient (Wildman–Crippen LogP) is 3.87. The number of hydrogen-bond donors (Lipinski definition) is 0. The van der Waals surface area contributed by atoms with Crippen LogP contribution in [-0.2, 0) is 19.2 Å². The van der Waals surface area contributed by atoms with Crippen molar-refractivity contribution in [2.75, 3.05) is 39.3 Å². The molecule has 0 aromatic heterocycles. The van der Waals surface area contributed by atoms with Gasteiger partial charge in [-0.3, -0.25) is 29.0 Å². The van der Waals surface area contributed by atoms with Gasteiger partial charge in [0.1, 0.15) is 24.7 Å². The second kappa shape index (κ2) is 13.3. The number of nitrogens with zero attached hydrogens (tertiary/aromatic N) is 4. The Kier molecular flexibility index (Phi) is 11.0. The molecule has 2 fully saturated rings. The van der Waals surface area contributed by atoms with Crippen LogP contribution in [0.15, 0.2) is 0 Å². The molecule has 2 heterocycles. The molecular weight excluding hydrogens is 488 g/mol.